The number of para-hydroxylation sites is 2. The molecular weight excluding hydrogens is 448 g/mol. The number of benzene rings is 3. The van der Waals surface area contributed by atoms with Crippen molar-refractivity contribution in [2.45, 2.75) is 39.3 Å². The number of nitrogens with one attached hydrogen (secondary N) is 1. The second-order valence-corrected chi connectivity index (χ2v) is 10.1. The van der Waals surface area contributed by atoms with E-state index in [-0.39, 0.29) is 24.5 Å². The number of imidazole rings is 1. The first-order valence-corrected chi connectivity index (χ1v) is 12.6. The molecule has 1 unspecified atom stereocenters. The van der Waals surface area contributed by atoms with Crippen LogP contribution in [0.2, 0.25) is 0 Å². The number of aromatic nitrogens is 2. The molecule has 1 aromatic heterocycles. The molecule has 5 rings (SSSR count). The number of rotatable bonds is 7. The normalized spacial score (nSPS) is 15.6. The molecule has 6 nitrogen and oxygen atoms in total. The summed E-state index contributed by atoms with van der Waals surface area (Å²) in [6, 6.07) is 24.1. The molecule has 4 aromatic rings. The number of carbonyl (C=O) groups is 1. The molecule has 0 bridgehead atoms. The highest BCUT2D eigenvalue weighted by Crippen LogP contribution is 2.28. The lowest BCUT2D eigenvalue weighted by Crippen LogP contribution is -2.54. The first kappa shape index (κ1) is 24.1. The third-order valence-electron chi connectivity index (χ3n) is 7.48. The maximum atomic E-state index is 13.9. The maximum Gasteiger partial charge on any atom is 0.246 e. The molecule has 0 saturated carbocycles. The number of nitrogens with zero attached hydrogens (tertiary/aromatic N) is 3. The molecule has 1 amide bonds. The van der Waals surface area contributed by atoms with Crippen molar-refractivity contribution in [1.29, 1.82) is 5.41 Å². The Balaban J connectivity index is 1.63. The van der Waals surface area contributed by atoms with Gasteiger partial charge in [0.2, 0.25) is 11.5 Å². The number of hydrogen-bond acceptors (Lipinski definition) is 3. The predicted molar refractivity (Wildman–Crippen MR) is 142 cm³/mol. The summed E-state index contributed by atoms with van der Waals surface area (Å²) in [5.41, 5.74) is 6.69. The molecule has 0 aliphatic carbocycles. The lowest BCUT2D eigenvalue weighted by atomic mass is 9.97. The quantitative estimate of drug-likeness (QED) is 0.410. The van der Waals surface area contributed by atoms with Crippen LogP contribution < -0.4 is 5.62 Å². The summed E-state index contributed by atoms with van der Waals surface area (Å²) in [5.74, 6) is 0.141. The monoisotopic (exact) mass is 482 g/mol. The Morgan fingerprint density at radius 1 is 0.917 bits per heavy atom. The number of aliphatic hydroxyl groups excluding tert-OH is 1. The fraction of sp³-hybridized carbons (Fsp3) is 0.333. The summed E-state index contributed by atoms with van der Waals surface area (Å²) in [6.07, 6.45) is 0.503. The predicted octanol–water partition coefficient (Wildman–Crippen LogP) is 4.38. The molecule has 1 aliphatic rings. The highest BCUT2D eigenvalue weighted by atomic mass is 16.3. The molecule has 1 aliphatic heterocycles. The van der Waals surface area contributed by atoms with E-state index in [4.69, 9.17) is 0 Å². The van der Waals surface area contributed by atoms with E-state index in [0.717, 1.165) is 22.2 Å². The number of likely N-dealkylation sites (tertiary alicyclic amines) is 1. The largest absolute Gasteiger partial charge is 0.396 e. The Morgan fingerprint density at radius 2 is 1.47 bits per heavy atom. The van der Waals surface area contributed by atoms with Gasteiger partial charge in [0.1, 0.15) is 6.04 Å². The minimum absolute atomic E-state index is 0.00432. The summed E-state index contributed by atoms with van der Waals surface area (Å²) in [6.45, 7) is 7.45. The third kappa shape index (κ3) is 4.37. The molecule has 0 spiro atoms. The Labute approximate surface area is 211 Å². The highest BCUT2D eigenvalue weighted by Gasteiger charge is 2.36. The first-order chi connectivity index (χ1) is 17.4. The average Bonchev–Trinajstić information content (AvgIpc) is 3.14. The van der Waals surface area contributed by atoms with Crippen molar-refractivity contribution in [1.82, 2.24) is 14.0 Å². The topological polar surface area (TPSA) is 74.2 Å². The van der Waals surface area contributed by atoms with Crippen LogP contribution in [0.1, 0.15) is 41.3 Å². The summed E-state index contributed by atoms with van der Waals surface area (Å²) in [5, 5.41) is 18.8. The average molecular weight is 483 g/mol. The van der Waals surface area contributed by atoms with Gasteiger partial charge in [0, 0.05) is 32.0 Å². The SMILES string of the molecule is Cc1ccc(C[C@@H](C(=O)N2CC(CO)C2)n2c(=N)n(C(C)c3ccc(C)cc3)c3ccccc32)cc1. The van der Waals surface area contributed by atoms with Crippen LogP contribution in [0.4, 0.5) is 0 Å². The fourth-order valence-electron chi connectivity index (χ4n) is 5.23. The van der Waals surface area contributed by atoms with E-state index in [1.807, 2.05) is 38.3 Å². The van der Waals surface area contributed by atoms with Crippen molar-refractivity contribution >= 4 is 16.9 Å². The molecule has 6 heteroatoms. The summed E-state index contributed by atoms with van der Waals surface area (Å²) in [7, 11) is 0. The summed E-state index contributed by atoms with van der Waals surface area (Å²) < 4.78 is 3.94. The van der Waals surface area contributed by atoms with E-state index >= 15 is 0 Å². The van der Waals surface area contributed by atoms with Crippen LogP contribution in [0.25, 0.3) is 11.0 Å². The van der Waals surface area contributed by atoms with Gasteiger partial charge in [-0.25, -0.2) is 0 Å². The van der Waals surface area contributed by atoms with Crippen molar-refractivity contribution in [3.8, 4) is 0 Å². The van der Waals surface area contributed by atoms with Crippen LogP contribution in [0.3, 0.4) is 0 Å². The van der Waals surface area contributed by atoms with Gasteiger partial charge >= 0.3 is 0 Å². The minimum atomic E-state index is -0.545. The van der Waals surface area contributed by atoms with E-state index in [1.165, 1.54) is 11.1 Å². The Morgan fingerprint density at radius 3 is 2.06 bits per heavy atom. The van der Waals surface area contributed by atoms with Gasteiger partial charge in [-0.15, -0.1) is 0 Å². The smallest absolute Gasteiger partial charge is 0.246 e. The lowest BCUT2D eigenvalue weighted by molar-refractivity contribution is -0.142. The second-order valence-electron chi connectivity index (χ2n) is 10.1. The molecule has 186 valence electrons. The van der Waals surface area contributed by atoms with E-state index in [0.29, 0.717) is 25.1 Å². The van der Waals surface area contributed by atoms with Gasteiger partial charge < -0.3 is 14.6 Å². The Hall–Kier alpha value is -3.64. The zero-order valence-electron chi connectivity index (χ0n) is 21.2. The Bertz CT molecular complexity index is 1430. The van der Waals surface area contributed by atoms with E-state index < -0.39 is 6.04 Å². The second kappa shape index (κ2) is 9.78. The number of carbonyl (C=O) groups excluding carboxylic acids is 1. The van der Waals surface area contributed by atoms with Crippen LogP contribution >= 0.6 is 0 Å². The maximum absolute atomic E-state index is 13.9. The van der Waals surface area contributed by atoms with E-state index in [2.05, 4.69) is 69.3 Å². The van der Waals surface area contributed by atoms with Gasteiger partial charge in [0.15, 0.2) is 0 Å². The summed E-state index contributed by atoms with van der Waals surface area (Å²) >= 11 is 0. The zero-order chi connectivity index (χ0) is 25.4. The van der Waals surface area contributed by atoms with Crippen LogP contribution in [-0.4, -0.2) is 44.7 Å². The fourth-order valence-corrected chi connectivity index (χ4v) is 5.23. The number of amides is 1. The molecule has 2 atom stereocenters. The molecule has 0 radical (unpaired) electrons. The Kier molecular flexibility index (Phi) is 6.54. The van der Waals surface area contributed by atoms with Crippen molar-refractivity contribution in [2.24, 2.45) is 5.92 Å². The molecule has 3 aromatic carbocycles. The molecule has 1 saturated heterocycles. The van der Waals surface area contributed by atoms with Gasteiger partial charge in [0.25, 0.3) is 0 Å². The van der Waals surface area contributed by atoms with Gasteiger partial charge in [-0.1, -0.05) is 71.8 Å². The number of aliphatic hydroxyl groups is 1. The van der Waals surface area contributed by atoms with Crippen LogP contribution in [0.5, 0.6) is 0 Å². The van der Waals surface area contributed by atoms with Crippen LogP contribution in [0.15, 0.2) is 72.8 Å². The molecule has 2 heterocycles. The van der Waals surface area contributed by atoms with Gasteiger partial charge in [-0.3, -0.25) is 14.8 Å². The first-order valence-electron chi connectivity index (χ1n) is 12.6. The minimum Gasteiger partial charge on any atom is -0.396 e. The van der Waals surface area contributed by atoms with E-state index in [1.54, 1.807) is 0 Å². The van der Waals surface area contributed by atoms with E-state index in [9.17, 15) is 15.3 Å². The van der Waals surface area contributed by atoms with Crippen LogP contribution in [-0.2, 0) is 11.2 Å². The van der Waals surface area contributed by atoms with Crippen molar-refractivity contribution in [2.75, 3.05) is 19.7 Å². The van der Waals surface area contributed by atoms with Crippen LogP contribution in [0, 0.1) is 25.2 Å². The number of hydrogen-bond donors (Lipinski definition) is 2. The van der Waals surface area contributed by atoms with Crippen molar-refractivity contribution in [3.05, 3.63) is 101 Å². The van der Waals surface area contributed by atoms with Gasteiger partial charge in [-0.2, -0.15) is 0 Å². The molecule has 36 heavy (non-hydrogen) atoms. The summed E-state index contributed by atoms with van der Waals surface area (Å²) in [4.78, 5) is 15.7. The zero-order valence-corrected chi connectivity index (χ0v) is 21.2. The lowest BCUT2D eigenvalue weighted by Gasteiger charge is -2.40. The van der Waals surface area contributed by atoms with Gasteiger partial charge in [-0.05, 0) is 44.0 Å². The van der Waals surface area contributed by atoms with Gasteiger partial charge in [0.05, 0.1) is 17.1 Å². The molecule has 1 fully saturated rings. The van der Waals surface area contributed by atoms with Crippen molar-refractivity contribution < 1.29 is 9.90 Å². The standard InChI is InChI=1S/C30H34N4O2/c1-20-8-12-23(13-9-20)16-28(29(36)32-17-24(18-32)19-35)34-27-7-5-4-6-26(27)33(30(34)31)22(3)25-14-10-21(2)11-15-25/h4-15,22,24,28,31,35H,16-19H2,1-3H3/t22?,28-/m0/s1. The molecular formula is C30H34N4O2. The molecule has 2 N–H and O–H groups in total. The third-order valence-corrected chi connectivity index (χ3v) is 7.48. The highest BCUT2D eigenvalue weighted by molar-refractivity contribution is 5.85. The number of aryl methyl sites for hydroxylation is 2. The van der Waals surface area contributed by atoms with Crippen molar-refractivity contribution in [3.63, 3.8) is 0 Å². The number of fused-ring (bicyclic) bond motifs is 1.